The molecule has 29 heavy (non-hydrogen) atoms. The first-order valence-corrected chi connectivity index (χ1v) is 12.0. The molecule has 3 rings (SSSR count). The molecule has 0 saturated carbocycles. The van der Waals surface area contributed by atoms with Gasteiger partial charge in [0.15, 0.2) is 9.84 Å². The number of amides is 3. The van der Waals surface area contributed by atoms with E-state index >= 15 is 0 Å². The van der Waals surface area contributed by atoms with Crippen LogP contribution in [0.1, 0.15) is 44.9 Å². The van der Waals surface area contributed by atoms with Crippen LogP contribution in [0.15, 0.2) is 23.1 Å². The minimum Gasteiger partial charge on any atom is -0.354 e. The number of carbonyl (C=O) groups excluding carboxylic acids is 3. The predicted octanol–water partition coefficient (Wildman–Crippen LogP) is 0.659. The maximum Gasteiger partial charge on any atom is 0.248 e. The van der Waals surface area contributed by atoms with Gasteiger partial charge in [-0.3, -0.25) is 14.4 Å². The average molecular weight is 424 g/mol. The van der Waals surface area contributed by atoms with Crippen molar-refractivity contribution in [2.24, 2.45) is 5.92 Å². The summed E-state index contributed by atoms with van der Waals surface area (Å²) in [7, 11) is -3.27. The van der Waals surface area contributed by atoms with Crippen LogP contribution in [0.2, 0.25) is 0 Å². The lowest BCUT2D eigenvalue weighted by Gasteiger charge is -2.20. The highest BCUT2D eigenvalue weighted by molar-refractivity contribution is 7.94. The Morgan fingerprint density at radius 2 is 1.93 bits per heavy atom. The highest BCUT2D eigenvalue weighted by atomic mass is 32.2. The smallest absolute Gasteiger partial charge is 0.248 e. The van der Waals surface area contributed by atoms with E-state index in [0.717, 1.165) is 24.7 Å². The third-order valence-electron chi connectivity index (χ3n) is 5.54. The van der Waals surface area contributed by atoms with Crippen molar-refractivity contribution in [3.63, 3.8) is 0 Å². The lowest BCUT2D eigenvalue weighted by Crippen LogP contribution is -2.42. The minimum absolute atomic E-state index is 0.0419. The highest BCUT2D eigenvalue weighted by Gasteiger charge is 2.25. The normalized spacial score (nSPS) is 26.6. The molecule has 1 aliphatic carbocycles. The van der Waals surface area contributed by atoms with Crippen LogP contribution < -0.4 is 10.6 Å². The fraction of sp³-hybridized carbons (Fsp3) is 0.650. The first kappa shape index (κ1) is 21.5. The summed E-state index contributed by atoms with van der Waals surface area (Å²) in [5, 5.41) is 6.82. The molecule has 9 heteroatoms. The zero-order chi connectivity index (χ0) is 20.9. The van der Waals surface area contributed by atoms with Crippen LogP contribution in [-0.2, 0) is 24.2 Å². The van der Waals surface area contributed by atoms with Crippen LogP contribution in [0.5, 0.6) is 0 Å². The van der Waals surface area contributed by atoms with Gasteiger partial charge in [0, 0.05) is 36.5 Å². The largest absolute Gasteiger partial charge is 0.354 e. The molecule has 0 unspecified atom stereocenters. The van der Waals surface area contributed by atoms with Crippen molar-refractivity contribution in [3.05, 3.63) is 23.1 Å². The molecule has 0 aromatic carbocycles. The van der Waals surface area contributed by atoms with Gasteiger partial charge < -0.3 is 15.5 Å². The van der Waals surface area contributed by atoms with Crippen LogP contribution in [0, 0.1) is 5.92 Å². The second-order valence-corrected chi connectivity index (χ2v) is 9.97. The van der Waals surface area contributed by atoms with Crippen LogP contribution in [0.3, 0.4) is 0 Å². The van der Waals surface area contributed by atoms with Crippen molar-refractivity contribution in [2.75, 3.05) is 25.4 Å². The molecule has 2 aliphatic heterocycles. The first-order valence-electron chi connectivity index (χ1n) is 10.3. The molecule has 1 fully saturated rings. The molecule has 0 aromatic heterocycles. The molecule has 3 amide bonds. The van der Waals surface area contributed by atoms with E-state index < -0.39 is 9.84 Å². The summed E-state index contributed by atoms with van der Waals surface area (Å²) < 4.78 is 23.3. The number of carbonyl (C=O) groups is 3. The number of hydrogen-bond acceptors (Lipinski definition) is 5. The summed E-state index contributed by atoms with van der Waals surface area (Å²) in [5.74, 6) is -0.280. The maximum absolute atomic E-state index is 12.3. The van der Waals surface area contributed by atoms with E-state index in [2.05, 4.69) is 10.6 Å². The topological polar surface area (TPSA) is 113 Å². The van der Waals surface area contributed by atoms with Crippen LogP contribution in [0.25, 0.3) is 0 Å². The molecular weight excluding hydrogens is 394 g/mol. The number of nitrogens with zero attached hydrogens (tertiary/aromatic N) is 1. The second-order valence-electron chi connectivity index (χ2n) is 8.00. The van der Waals surface area contributed by atoms with Crippen molar-refractivity contribution < 1.29 is 22.8 Å². The number of hydrogen-bond donors (Lipinski definition) is 2. The Balaban J connectivity index is 1.40. The van der Waals surface area contributed by atoms with E-state index in [1.807, 2.05) is 12.2 Å². The van der Waals surface area contributed by atoms with Crippen LogP contribution >= 0.6 is 0 Å². The van der Waals surface area contributed by atoms with Gasteiger partial charge in [-0.1, -0.05) is 18.6 Å². The summed E-state index contributed by atoms with van der Waals surface area (Å²) in [6, 6.07) is -0.179. The maximum atomic E-state index is 12.3. The van der Waals surface area contributed by atoms with Crippen molar-refractivity contribution in [1.82, 2.24) is 15.5 Å². The van der Waals surface area contributed by atoms with Crippen LogP contribution in [-0.4, -0.2) is 62.5 Å². The molecule has 160 valence electrons. The molecule has 0 radical (unpaired) electrons. The van der Waals surface area contributed by atoms with Gasteiger partial charge in [-0.15, -0.1) is 0 Å². The number of nitrogens with one attached hydrogen (secondary N) is 2. The summed E-state index contributed by atoms with van der Waals surface area (Å²) in [5.41, 5.74) is 0.309. The summed E-state index contributed by atoms with van der Waals surface area (Å²) in [6.07, 6.45) is 8.77. The number of likely N-dealkylation sites (tertiary alicyclic amines) is 1. The molecule has 2 atom stereocenters. The van der Waals surface area contributed by atoms with Gasteiger partial charge >= 0.3 is 0 Å². The quantitative estimate of drug-likeness (QED) is 0.610. The summed E-state index contributed by atoms with van der Waals surface area (Å²) in [4.78, 5) is 38.1. The highest BCUT2D eigenvalue weighted by Crippen LogP contribution is 2.20. The fourth-order valence-electron chi connectivity index (χ4n) is 3.94. The van der Waals surface area contributed by atoms with Crippen molar-refractivity contribution in [2.45, 2.75) is 51.0 Å². The van der Waals surface area contributed by atoms with Gasteiger partial charge in [0.1, 0.15) is 0 Å². The standard InChI is InChI=1S/C20H29N3O5S/c24-18(13-23-9-3-1-2-6-19(23)25)21-12-15-7-8-17(11-15)22-20(26)16-5-4-10-29(27,28)14-16/h7-8,14-15,17H,1-6,9-13H2,(H,21,24)(H,22,26)/t15-,17+/m0/s1. The Morgan fingerprint density at radius 3 is 2.72 bits per heavy atom. The van der Waals surface area contributed by atoms with E-state index in [4.69, 9.17) is 0 Å². The minimum atomic E-state index is -3.27. The molecule has 8 nitrogen and oxygen atoms in total. The lowest BCUT2D eigenvalue weighted by atomic mass is 10.1. The zero-order valence-corrected chi connectivity index (χ0v) is 17.4. The fourth-order valence-corrected chi connectivity index (χ4v) is 5.26. The SMILES string of the molecule is O=C(CN1CCCCCC1=O)NC[C@H]1C=C[C@@H](NC(=O)C2=CS(=O)(=O)CCC2)C1. The molecule has 0 bridgehead atoms. The Morgan fingerprint density at radius 1 is 1.10 bits per heavy atom. The molecule has 0 aromatic rings. The van der Waals surface area contributed by atoms with E-state index in [0.29, 0.717) is 44.3 Å². The first-order chi connectivity index (χ1) is 13.8. The van der Waals surface area contributed by atoms with E-state index in [1.165, 1.54) is 0 Å². The van der Waals surface area contributed by atoms with Crippen molar-refractivity contribution >= 4 is 27.6 Å². The van der Waals surface area contributed by atoms with Gasteiger partial charge in [-0.25, -0.2) is 8.42 Å². The molecule has 2 N–H and O–H groups in total. The van der Waals surface area contributed by atoms with Crippen LogP contribution in [0.4, 0.5) is 0 Å². The van der Waals surface area contributed by atoms with Crippen molar-refractivity contribution in [3.8, 4) is 0 Å². The summed E-state index contributed by atoms with van der Waals surface area (Å²) in [6.45, 7) is 1.17. The van der Waals surface area contributed by atoms with Gasteiger partial charge in [0.25, 0.3) is 0 Å². The molecule has 2 heterocycles. The van der Waals surface area contributed by atoms with Gasteiger partial charge in [-0.2, -0.15) is 0 Å². The Labute approximate surface area is 171 Å². The van der Waals surface area contributed by atoms with E-state index in [-0.39, 0.29) is 42.0 Å². The monoisotopic (exact) mass is 423 g/mol. The Kier molecular flexibility index (Phi) is 7.10. The number of rotatable bonds is 6. The predicted molar refractivity (Wildman–Crippen MR) is 108 cm³/mol. The van der Waals surface area contributed by atoms with Gasteiger partial charge in [0.05, 0.1) is 12.3 Å². The molecule has 0 spiro atoms. The lowest BCUT2D eigenvalue weighted by molar-refractivity contribution is -0.135. The van der Waals surface area contributed by atoms with Crippen molar-refractivity contribution in [1.29, 1.82) is 0 Å². The molecule has 3 aliphatic rings. The average Bonchev–Trinajstić information content (AvgIpc) is 3.01. The third-order valence-corrected chi connectivity index (χ3v) is 7.05. The zero-order valence-electron chi connectivity index (χ0n) is 16.6. The Bertz CT molecular complexity index is 818. The van der Waals surface area contributed by atoms with E-state index in [9.17, 15) is 22.8 Å². The molecular formula is C20H29N3O5S. The number of sulfone groups is 1. The van der Waals surface area contributed by atoms with E-state index in [1.54, 1.807) is 4.90 Å². The Hall–Kier alpha value is -2.16. The second kappa shape index (κ2) is 9.56. The van der Waals surface area contributed by atoms with Gasteiger partial charge in [-0.05, 0) is 38.0 Å². The third kappa shape index (κ3) is 6.42. The molecule has 1 saturated heterocycles. The van der Waals surface area contributed by atoms with Gasteiger partial charge in [0.2, 0.25) is 17.7 Å². The summed E-state index contributed by atoms with van der Waals surface area (Å²) >= 11 is 0.